The molecule has 5 aliphatic rings. The molecule has 5 fully saturated rings. The number of carbonyl (C=O) groups is 2. The van der Waals surface area contributed by atoms with Gasteiger partial charge < -0.3 is 25.0 Å². The van der Waals surface area contributed by atoms with Crippen LogP contribution in [0.5, 0.6) is 0 Å². The first-order valence-corrected chi connectivity index (χ1v) is 15.3. The van der Waals surface area contributed by atoms with Gasteiger partial charge in [-0.05, 0) is 50.5 Å². The Balaban J connectivity index is 1.07. The van der Waals surface area contributed by atoms with Gasteiger partial charge in [0.25, 0.3) is 0 Å². The molecule has 4 aliphatic heterocycles. The SMILES string of the molecule is CC1(CN2CC3(CC4CCC(C3)N4CC[C@H](NC(=O)C3CCC(F)(F)CC3)c3ccccc3)NC2=O)COCOC1. The summed E-state index contributed by atoms with van der Waals surface area (Å²) in [6.45, 7) is 5.80. The molecule has 8 nitrogen and oxygen atoms in total. The fourth-order valence-corrected chi connectivity index (χ4v) is 8.05. The summed E-state index contributed by atoms with van der Waals surface area (Å²) in [6.07, 6.45) is 4.88. The number of carbonyl (C=O) groups excluding carboxylic acids is 2. The summed E-state index contributed by atoms with van der Waals surface area (Å²) in [5.74, 6) is -3.10. The number of fused-ring (bicyclic) bond motifs is 2. The second-order valence-corrected chi connectivity index (χ2v) is 13.6. The zero-order valence-corrected chi connectivity index (χ0v) is 24.1. The van der Waals surface area contributed by atoms with Crippen LogP contribution in [0.3, 0.4) is 0 Å². The maximum atomic E-state index is 13.7. The maximum Gasteiger partial charge on any atom is 0.317 e. The third-order valence-electron chi connectivity index (χ3n) is 10.1. The lowest BCUT2D eigenvalue weighted by Gasteiger charge is -2.45. The molecular formula is C31H44F2N4O4. The Hall–Kier alpha value is -2.30. The summed E-state index contributed by atoms with van der Waals surface area (Å²) >= 11 is 0. The lowest BCUT2D eigenvalue weighted by atomic mass is 9.82. The predicted molar refractivity (Wildman–Crippen MR) is 149 cm³/mol. The summed E-state index contributed by atoms with van der Waals surface area (Å²) in [7, 11) is 0. The van der Waals surface area contributed by atoms with Crippen molar-refractivity contribution < 1.29 is 27.8 Å². The molecule has 3 amide bonds. The molecule has 10 heteroatoms. The van der Waals surface area contributed by atoms with Crippen LogP contribution in [0.15, 0.2) is 30.3 Å². The highest BCUT2D eigenvalue weighted by atomic mass is 19.3. The molecule has 4 saturated heterocycles. The molecule has 1 aliphatic carbocycles. The largest absolute Gasteiger partial charge is 0.355 e. The Morgan fingerprint density at radius 2 is 1.73 bits per heavy atom. The number of ether oxygens (including phenoxy) is 2. The van der Waals surface area contributed by atoms with Crippen molar-refractivity contribution in [2.24, 2.45) is 11.3 Å². The van der Waals surface area contributed by atoms with Crippen LogP contribution in [0.1, 0.15) is 76.3 Å². The highest BCUT2D eigenvalue weighted by Crippen LogP contribution is 2.44. The summed E-state index contributed by atoms with van der Waals surface area (Å²) in [5, 5.41) is 6.60. The summed E-state index contributed by atoms with van der Waals surface area (Å²) in [4.78, 5) is 30.8. The molecule has 1 saturated carbocycles. The van der Waals surface area contributed by atoms with E-state index in [9.17, 15) is 18.4 Å². The number of amides is 3. The first-order valence-electron chi connectivity index (χ1n) is 15.3. The minimum absolute atomic E-state index is 0.0111. The van der Waals surface area contributed by atoms with Crippen LogP contribution < -0.4 is 10.6 Å². The predicted octanol–water partition coefficient (Wildman–Crippen LogP) is 4.46. The molecule has 1 spiro atoms. The molecule has 1 aromatic rings. The molecule has 6 rings (SSSR count). The normalized spacial score (nSPS) is 32.2. The number of halogens is 2. The molecule has 3 atom stereocenters. The maximum absolute atomic E-state index is 13.7. The van der Waals surface area contributed by atoms with Gasteiger partial charge in [-0.15, -0.1) is 0 Å². The molecule has 4 heterocycles. The van der Waals surface area contributed by atoms with E-state index in [2.05, 4.69) is 22.5 Å². The molecule has 0 aromatic heterocycles. The summed E-state index contributed by atoms with van der Waals surface area (Å²) < 4.78 is 38.4. The monoisotopic (exact) mass is 574 g/mol. The highest BCUT2D eigenvalue weighted by Gasteiger charge is 2.53. The summed E-state index contributed by atoms with van der Waals surface area (Å²) in [5.41, 5.74) is 0.643. The van der Waals surface area contributed by atoms with Crippen LogP contribution in [0.2, 0.25) is 0 Å². The average molecular weight is 575 g/mol. The molecule has 1 aromatic carbocycles. The van der Waals surface area contributed by atoms with E-state index in [-0.39, 0.29) is 60.5 Å². The van der Waals surface area contributed by atoms with Crippen molar-refractivity contribution in [2.75, 3.05) is 39.6 Å². The van der Waals surface area contributed by atoms with Crippen molar-refractivity contribution in [3.8, 4) is 0 Å². The molecule has 2 N–H and O–H groups in total. The second kappa shape index (κ2) is 11.4. The average Bonchev–Trinajstić information content (AvgIpc) is 3.37. The van der Waals surface area contributed by atoms with Crippen LogP contribution in [-0.4, -0.2) is 84.9 Å². The fourth-order valence-electron chi connectivity index (χ4n) is 8.05. The molecule has 226 valence electrons. The van der Waals surface area contributed by atoms with Gasteiger partial charge in [-0.2, -0.15) is 0 Å². The number of hydrogen-bond donors (Lipinski definition) is 2. The van der Waals surface area contributed by atoms with Gasteiger partial charge in [-0.3, -0.25) is 9.69 Å². The van der Waals surface area contributed by atoms with Gasteiger partial charge in [0.15, 0.2) is 0 Å². The molecule has 2 unspecified atom stereocenters. The van der Waals surface area contributed by atoms with Gasteiger partial charge in [0.05, 0.1) is 24.8 Å². The van der Waals surface area contributed by atoms with Crippen molar-refractivity contribution in [2.45, 2.75) is 94.3 Å². The number of rotatable bonds is 8. The zero-order chi connectivity index (χ0) is 28.7. The molecular weight excluding hydrogens is 530 g/mol. The van der Waals surface area contributed by atoms with E-state index in [4.69, 9.17) is 9.47 Å². The van der Waals surface area contributed by atoms with Gasteiger partial charge in [0.2, 0.25) is 11.8 Å². The third-order valence-corrected chi connectivity index (χ3v) is 10.1. The Morgan fingerprint density at radius 3 is 2.39 bits per heavy atom. The lowest BCUT2D eigenvalue weighted by Crippen LogP contribution is -2.57. The van der Waals surface area contributed by atoms with E-state index in [1.807, 2.05) is 35.2 Å². The minimum Gasteiger partial charge on any atom is -0.355 e. The topological polar surface area (TPSA) is 83.1 Å². The fraction of sp³-hybridized carbons (Fsp3) is 0.742. The van der Waals surface area contributed by atoms with E-state index in [0.717, 1.165) is 44.2 Å². The first-order chi connectivity index (χ1) is 19.6. The van der Waals surface area contributed by atoms with Gasteiger partial charge in [-0.1, -0.05) is 37.3 Å². The Kier molecular flexibility index (Phi) is 8.02. The molecule has 41 heavy (non-hydrogen) atoms. The van der Waals surface area contributed by atoms with Crippen LogP contribution in [-0.2, 0) is 14.3 Å². The van der Waals surface area contributed by atoms with Crippen LogP contribution >= 0.6 is 0 Å². The van der Waals surface area contributed by atoms with Crippen LogP contribution in [0, 0.1) is 11.3 Å². The van der Waals surface area contributed by atoms with Crippen molar-refractivity contribution in [1.29, 1.82) is 0 Å². The minimum atomic E-state index is -2.65. The number of urea groups is 1. The second-order valence-electron chi connectivity index (χ2n) is 13.6. The Bertz CT molecular complexity index is 1070. The van der Waals surface area contributed by atoms with Gasteiger partial charge >= 0.3 is 6.03 Å². The number of nitrogens with one attached hydrogen (secondary N) is 2. The third kappa shape index (κ3) is 6.39. The van der Waals surface area contributed by atoms with Gasteiger partial charge in [0.1, 0.15) is 6.79 Å². The first kappa shape index (κ1) is 28.8. The number of hydrogen-bond acceptors (Lipinski definition) is 5. The quantitative estimate of drug-likeness (QED) is 0.479. The number of benzene rings is 1. The Morgan fingerprint density at radius 1 is 1.07 bits per heavy atom. The zero-order valence-electron chi connectivity index (χ0n) is 24.1. The summed E-state index contributed by atoms with van der Waals surface area (Å²) in [6, 6.07) is 10.6. The van der Waals surface area contributed by atoms with Crippen molar-refractivity contribution in [1.82, 2.24) is 20.4 Å². The van der Waals surface area contributed by atoms with Crippen LogP contribution in [0.4, 0.5) is 13.6 Å². The Labute approximate surface area is 241 Å². The van der Waals surface area contributed by atoms with Gasteiger partial charge in [0, 0.05) is 55.9 Å². The van der Waals surface area contributed by atoms with E-state index in [1.54, 1.807) is 0 Å². The molecule has 2 bridgehead atoms. The highest BCUT2D eigenvalue weighted by molar-refractivity contribution is 5.79. The van der Waals surface area contributed by atoms with Gasteiger partial charge in [-0.25, -0.2) is 13.6 Å². The van der Waals surface area contributed by atoms with Crippen molar-refractivity contribution in [3.05, 3.63) is 35.9 Å². The molecule has 0 radical (unpaired) electrons. The van der Waals surface area contributed by atoms with Crippen molar-refractivity contribution >= 4 is 11.9 Å². The van der Waals surface area contributed by atoms with Crippen molar-refractivity contribution in [3.63, 3.8) is 0 Å². The number of nitrogens with zero attached hydrogens (tertiary/aromatic N) is 2. The standard InChI is InChI=1S/C31H44F2N4O4/c1-29(19-40-21-41-20-29)17-36-18-30(35-28(36)39)15-24-7-8-25(16-30)37(24)14-11-26(22-5-3-2-4-6-22)34-27(38)23-9-12-31(32,33)13-10-23/h2-6,23-26H,7-21H2,1H3,(H,34,38)(H,35,39)/t24?,25?,26-,30?/m0/s1. The smallest absolute Gasteiger partial charge is 0.317 e. The van der Waals surface area contributed by atoms with E-state index < -0.39 is 5.92 Å². The van der Waals surface area contributed by atoms with E-state index in [0.29, 0.717) is 45.2 Å². The van der Waals surface area contributed by atoms with E-state index >= 15 is 0 Å². The van der Waals surface area contributed by atoms with Crippen LogP contribution in [0.25, 0.3) is 0 Å². The van der Waals surface area contributed by atoms with E-state index in [1.165, 1.54) is 0 Å². The number of alkyl halides is 2. The lowest BCUT2D eigenvalue weighted by molar-refractivity contribution is -0.162. The number of piperidine rings is 1.